The first-order chi connectivity index (χ1) is 14.2. The van der Waals surface area contributed by atoms with Crippen LogP contribution in [0, 0.1) is 0 Å². The second-order valence-corrected chi connectivity index (χ2v) is 9.77. The number of anilines is 2. The number of rotatable bonds is 10. The molecule has 7 nitrogen and oxygen atoms in total. The zero-order chi connectivity index (χ0) is 22.1. The van der Waals surface area contributed by atoms with Gasteiger partial charge in [0.2, 0.25) is 21.8 Å². The SMILES string of the molecule is C=CCNS(=O)(=O)Cc1ccc(NC(=O)C(C)Sc2ccc(NC(C)=O)cc2)cc1. The molecule has 0 spiro atoms. The standard InChI is InChI=1S/C21H25N3O4S2/c1-4-13-22-30(27,28)14-17-5-7-19(8-6-17)24-21(26)15(2)29-20-11-9-18(10-12-20)23-16(3)25/h4-12,15,22H,1,13-14H2,2-3H3,(H,23,25)(H,24,26). The minimum absolute atomic E-state index is 0.139. The van der Waals surface area contributed by atoms with Crippen molar-refractivity contribution in [3.63, 3.8) is 0 Å². The highest BCUT2D eigenvalue weighted by molar-refractivity contribution is 8.00. The maximum atomic E-state index is 12.5. The lowest BCUT2D eigenvalue weighted by molar-refractivity contribution is -0.115. The number of nitrogens with one attached hydrogen (secondary N) is 3. The lowest BCUT2D eigenvalue weighted by Crippen LogP contribution is -2.25. The van der Waals surface area contributed by atoms with Gasteiger partial charge in [-0.15, -0.1) is 18.3 Å². The summed E-state index contributed by atoms with van der Waals surface area (Å²) in [5.41, 5.74) is 1.91. The van der Waals surface area contributed by atoms with E-state index in [-0.39, 0.29) is 29.4 Å². The van der Waals surface area contributed by atoms with Gasteiger partial charge in [-0.2, -0.15) is 0 Å². The van der Waals surface area contributed by atoms with Crippen LogP contribution in [-0.4, -0.2) is 32.0 Å². The molecule has 0 fully saturated rings. The van der Waals surface area contributed by atoms with E-state index in [1.54, 1.807) is 43.3 Å². The van der Waals surface area contributed by atoms with Gasteiger partial charge in [-0.25, -0.2) is 13.1 Å². The minimum Gasteiger partial charge on any atom is -0.326 e. The summed E-state index contributed by atoms with van der Waals surface area (Å²) < 4.78 is 26.2. The van der Waals surface area contributed by atoms with E-state index in [0.29, 0.717) is 16.9 Å². The van der Waals surface area contributed by atoms with Gasteiger partial charge < -0.3 is 10.6 Å². The molecular formula is C21H25N3O4S2. The van der Waals surface area contributed by atoms with Crippen molar-refractivity contribution in [2.75, 3.05) is 17.2 Å². The third-order valence-electron chi connectivity index (χ3n) is 3.88. The summed E-state index contributed by atoms with van der Waals surface area (Å²) in [6.45, 7) is 6.91. The monoisotopic (exact) mass is 447 g/mol. The number of carbonyl (C=O) groups is 2. The number of thioether (sulfide) groups is 1. The Balaban J connectivity index is 1.90. The summed E-state index contributed by atoms with van der Waals surface area (Å²) in [6, 6.07) is 13.9. The van der Waals surface area contributed by atoms with Gasteiger partial charge in [0.05, 0.1) is 11.0 Å². The van der Waals surface area contributed by atoms with Crippen LogP contribution in [0.5, 0.6) is 0 Å². The molecule has 3 N–H and O–H groups in total. The van der Waals surface area contributed by atoms with Gasteiger partial charge in [-0.3, -0.25) is 9.59 Å². The van der Waals surface area contributed by atoms with E-state index in [4.69, 9.17) is 0 Å². The van der Waals surface area contributed by atoms with E-state index in [1.807, 2.05) is 12.1 Å². The van der Waals surface area contributed by atoms with E-state index >= 15 is 0 Å². The average molecular weight is 448 g/mol. The molecule has 0 saturated carbocycles. The first-order valence-electron chi connectivity index (χ1n) is 9.21. The Labute approximate surface area is 181 Å². The van der Waals surface area contributed by atoms with Crippen molar-refractivity contribution in [2.45, 2.75) is 29.7 Å². The maximum absolute atomic E-state index is 12.5. The fourth-order valence-electron chi connectivity index (χ4n) is 2.46. The second-order valence-electron chi connectivity index (χ2n) is 6.55. The van der Waals surface area contributed by atoms with E-state index in [1.165, 1.54) is 24.8 Å². The van der Waals surface area contributed by atoms with Crippen molar-refractivity contribution in [3.05, 3.63) is 66.7 Å². The summed E-state index contributed by atoms with van der Waals surface area (Å²) >= 11 is 1.40. The van der Waals surface area contributed by atoms with Crippen molar-refractivity contribution in [3.8, 4) is 0 Å². The van der Waals surface area contributed by atoms with Crippen LogP contribution < -0.4 is 15.4 Å². The van der Waals surface area contributed by atoms with Gasteiger partial charge in [-0.1, -0.05) is 18.2 Å². The largest absolute Gasteiger partial charge is 0.326 e. The predicted molar refractivity (Wildman–Crippen MR) is 122 cm³/mol. The summed E-state index contributed by atoms with van der Waals surface area (Å²) in [5.74, 6) is -0.450. The molecule has 0 radical (unpaired) electrons. The van der Waals surface area contributed by atoms with E-state index in [9.17, 15) is 18.0 Å². The van der Waals surface area contributed by atoms with E-state index in [0.717, 1.165) is 4.90 Å². The molecule has 0 bridgehead atoms. The molecule has 2 aromatic carbocycles. The summed E-state index contributed by atoms with van der Waals surface area (Å²) in [5, 5.41) is 5.18. The Kier molecular flexibility index (Phi) is 8.64. The van der Waals surface area contributed by atoms with Crippen molar-refractivity contribution in [2.24, 2.45) is 0 Å². The molecule has 0 heterocycles. The Morgan fingerprint density at radius 3 is 2.17 bits per heavy atom. The molecule has 1 unspecified atom stereocenters. The maximum Gasteiger partial charge on any atom is 0.237 e. The Bertz CT molecular complexity index is 988. The Morgan fingerprint density at radius 2 is 1.60 bits per heavy atom. The zero-order valence-electron chi connectivity index (χ0n) is 16.8. The van der Waals surface area contributed by atoms with Crippen LogP contribution in [0.2, 0.25) is 0 Å². The molecule has 2 rings (SSSR count). The van der Waals surface area contributed by atoms with Crippen LogP contribution in [0.15, 0.2) is 66.1 Å². The number of carbonyl (C=O) groups excluding carboxylic acids is 2. The zero-order valence-corrected chi connectivity index (χ0v) is 18.5. The fraction of sp³-hybridized carbons (Fsp3) is 0.238. The fourth-order valence-corrected chi connectivity index (χ4v) is 4.43. The molecule has 1 atom stereocenters. The van der Waals surface area contributed by atoms with Crippen molar-refractivity contribution in [1.82, 2.24) is 4.72 Å². The summed E-state index contributed by atoms with van der Waals surface area (Å²) in [4.78, 5) is 24.4. The normalized spacial score (nSPS) is 12.1. The van der Waals surface area contributed by atoms with Crippen LogP contribution in [0.1, 0.15) is 19.4 Å². The number of hydrogen-bond donors (Lipinski definition) is 3. The van der Waals surface area contributed by atoms with Crippen molar-refractivity contribution >= 4 is 45.0 Å². The highest BCUT2D eigenvalue weighted by Gasteiger charge is 2.15. The highest BCUT2D eigenvalue weighted by Crippen LogP contribution is 2.25. The molecule has 160 valence electrons. The molecule has 0 saturated heterocycles. The molecule has 0 aliphatic heterocycles. The molecule has 0 aliphatic rings. The third-order valence-corrected chi connectivity index (χ3v) is 6.31. The lowest BCUT2D eigenvalue weighted by atomic mass is 10.2. The first kappa shape index (κ1) is 23.7. The van der Waals surface area contributed by atoms with Gasteiger partial charge in [0.25, 0.3) is 0 Å². The van der Waals surface area contributed by atoms with Crippen LogP contribution in [0.25, 0.3) is 0 Å². The first-order valence-corrected chi connectivity index (χ1v) is 11.7. The van der Waals surface area contributed by atoms with Crippen LogP contribution >= 0.6 is 11.8 Å². The van der Waals surface area contributed by atoms with Crippen LogP contribution in [-0.2, 0) is 25.4 Å². The van der Waals surface area contributed by atoms with E-state index in [2.05, 4.69) is 21.9 Å². The predicted octanol–water partition coefficient (Wildman–Crippen LogP) is 3.37. The van der Waals surface area contributed by atoms with Gasteiger partial charge in [0, 0.05) is 29.7 Å². The molecule has 2 amide bonds. The lowest BCUT2D eigenvalue weighted by Gasteiger charge is -2.13. The summed E-state index contributed by atoms with van der Waals surface area (Å²) in [7, 11) is -3.43. The van der Waals surface area contributed by atoms with Crippen molar-refractivity contribution < 1.29 is 18.0 Å². The number of sulfonamides is 1. The Morgan fingerprint density at radius 1 is 1.03 bits per heavy atom. The third kappa shape index (κ3) is 8.02. The molecular weight excluding hydrogens is 422 g/mol. The molecule has 30 heavy (non-hydrogen) atoms. The van der Waals surface area contributed by atoms with Crippen LogP contribution in [0.4, 0.5) is 11.4 Å². The number of hydrogen-bond acceptors (Lipinski definition) is 5. The summed E-state index contributed by atoms with van der Waals surface area (Å²) in [6.07, 6.45) is 1.48. The van der Waals surface area contributed by atoms with Crippen LogP contribution in [0.3, 0.4) is 0 Å². The number of amides is 2. The minimum atomic E-state index is -3.43. The van der Waals surface area contributed by atoms with Crippen molar-refractivity contribution in [1.29, 1.82) is 0 Å². The van der Waals surface area contributed by atoms with E-state index < -0.39 is 10.0 Å². The quantitative estimate of drug-likeness (QED) is 0.383. The highest BCUT2D eigenvalue weighted by atomic mass is 32.2. The topological polar surface area (TPSA) is 104 Å². The number of benzene rings is 2. The molecule has 2 aromatic rings. The molecule has 9 heteroatoms. The van der Waals surface area contributed by atoms with Gasteiger partial charge in [0.15, 0.2) is 0 Å². The van der Waals surface area contributed by atoms with Gasteiger partial charge in [0.1, 0.15) is 0 Å². The average Bonchev–Trinajstić information content (AvgIpc) is 2.69. The molecule has 0 aromatic heterocycles. The smallest absolute Gasteiger partial charge is 0.237 e. The Hall–Kier alpha value is -2.62. The molecule has 0 aliphatic carbocycles. The second kappa shape index (κ2) is 11.0. The van der Waals surface area contributed by atoms with Gasteiger partial charge in [-0.05, 0) is 48.9 Å². The van der Waals surface area contributed by atoms with Gasteiger partial charge >= 0.3 is 0 Å².